The normalized spacial score (nSPS) is 9.88. The molecule has 0 unspecified atom stereocenters. The highest BCUT2D eigenvalue weighted by molar-refractivity contribution is 9.10. The molecule has 0 bridgehead atoms. The Hall–Kier alpha value is -3.19. The molecule has 0 aliphatic rings. The lowest BCUT2D eigenvalue weighted by molar-refractivity contribution is 0.101. The summed E-state index contributed by atoms with van der Waals surface area (Å²) in [5, 5.41) is 1.23. The Bertz CT molecular complexity index is 1320. The maximum absolute atomic E-state index is 10.6. The van der Waals surface area contributed by atoms with Crippen LogP contribution in [0.3, 0.4) is 0 Å². The average molecular weight is 579 g/mol. The number of nitrogen functional groups attached to an aromatic ring is 1. The minimum Gasteiger partial charge on any atom is -0.355 e. The molecule has 0 saturated carbocycles. The van der Waals surface area contributed by atoms with Crippen molar-refractivity contribution in [2.24, 2.45) is 5.84 Å². The number of rotatable bonds is 3. The van der Waals surface area contributed by atoms with Gasteiger partial charge < -0.3 is 10.4 Å². The van der Waals surface area contributed by atoms with Crippen LogP contribution in [0.5, 0.6) is 0 Å². The summed E-state index contributed by atoms with van der Waals surface area (Å²) in [5.74, 6) is 5.26. The number of nitrogens with one attached hydrogen (secondary N) is 2. The number of carbonyl (C=O) groups excluding carboxylic acids is 1. The van der Waals surface area contributed by atoms with E-state index in [1.807, 2.05) is 66.7 Å². The highest BCUT2D eigenvalue weighted by Gasteiger charge is 2.02. The molecule has 5 aromatic rings. The lowest BCUT2D eigenvalue weighted by Crippen LogP contribution is -2.05. The summed E-state index contributed by atoms with van der Waals surface area (Å²) in [7, 11) is 0. The van der Waals surface area contributed by atoms with Gasteiger partial charge in [0.05, 0.1) is 0 Å². The monoisotopic (exact) mass is 577 g/mol. The summed E-state index contributed by atoms with van der Waals surface area (Å²) in [4.78, 5) is 14.1. The van der Waals surface area contributed by atoms with E-state index in [1.54, 1.807) is 6.92 Å². The first kappa shape index (κ1) is 25.4. The molecular formula is C28H25Br2N3O. The van der Waals surface area contributed by atoms with Crippen LogP contribution >= 0.6 is 31.9 Å². The minimum absolute atomic E-state index is 0.121. The van der Waals surface area contributed by atoms with Gasteiger partial charge in [0.2, 0.25) is 0 Å². The molecule has 0 radical (unpaired) electrons. The summed E-state index contributed by atoms with van der Waals surface area (Å²) in [5.41, 5.74) is 7.77. The third kappa shape index (κ3) is 7.70. The molecule has 34 heavy (non-hydrogen) atoms. The number of hydrogen-bond donors (Lipinski definition) is 3. The maximum atomic E-state index is 10.6. The Labute approximate surface area is 216 Å². The summed E-state index contributed by atoms with van der Waals surface area (Å²) in [6.45, 7) is 1.56. The van der Waals surface area contributed by atoms with Crippen LogP contribution in [0.2, 0.25) is 0 Å². The number of aromatic nitrogens is 1. The van der Waals surface area contributed by atoms with E-state index >= 15 is 0 Å². The van der Waals surface area contributed by atoms with Crippen molar-refractivity contribution >= 4 is 54.2 Å². The quantitative estimate of drug-likeness (QED) is 0.115. The maximum Gasteiger partial charge on any atom is 0.159 e. The van der Waals surface area contributed by atoms with Crippen molar-refractivity contribution in [3.8, 4) is 11.3 Å². The van der Waals surface area contributed by atoms with Crippen LogP contribution in [0.25, 0.3) is 22.2 Å². The van der Waals surface area contributed by atoms with Crippen LogP contribution in [-0.4, -0.2) is 10.8 Å². The van der Waals surface area contributed by atoms with E-state index in [-0.39, 0.29) is 5.78 Å². The number of halogens is 2. The predicted molar refractivity (Wildman–Crippen MR) is 150 cm³/mol. The van der Waals surface area contributed by atoms with Crippen LogP contribution in [-0.2, 0) is 0 Å². The third-order valence-electron chi connectivity index (χ3n) is 4.86. The second kappa shape index (κ2) is 12.9. The molecule has 0 aliphatic carbocycles. The first-order valence-corrected chi connectivity index (χ1v) is 12.2. The average Bonchev–Trinajstić information content (AvgIpc) is 3.30. The molecule has 6 heteroatoms. The van der Waals surface area contributed by atoms with E-state index in [2.05, 4.69) is 84.7 Å². The van der Waals surface area contributed by atoms with Crippen molar-refractivity contribution < 1.29 is 4.79 Å². The predicted octanol–water partition coefficient (Wildman–Crippen LogP) is 8.22. The fraction of sp³-hybridized carbons (Fsp3) is 0.0357. The molecule has 4 nitrogen and oxygen atoms in total. The number of carbonyl (C=O) groups is 1. The number of anilines is 1. The van der Waals surface area contributed by atoms with Gasteiger partial charge in [-0.25, -0.2) is 0 Å². The van der Waals surface area contributed by atoms with Crippen LogP contribution in [0, 0.1) is 0 Å². The molecule has 5 rings (SSSR count). The number of ketones is 1. The van der Waals surface area contributed by atoms with Gasteiger partial charge in [0.1, 0.15) is 0 Å². The largest absolute Gasteiger partial charge is 0.355 e. The van der Waals surface area contributed by atoms with Gasteiger partial charge in [0.25, 0.3) is 0 Å². The molecule has 172 valence electrons. The number of Topliss-reactive ketones (excluding diaryl/α,β-unsaturated/α-hetero) is 1. The minimum atomic E-state index is 0.121. The number of aromatic amines is 1. The highest BCUT2D eigenvalue weighted by atomic mass is 79.9. The van der Waals surface area contributed by atoms with E-state index < -0.39 is 0 Å². The first-order valence-electron chi connectivity index (χ1n) is 10.6. The summed E-state index contributed by atoms with van der Waals surface area (Å²) in [6.07, 6.45) is 0. The fourth-order valence-corrected chi connectivity index (χ4v) is 3.74. The van der Waals surface area contributed by atoms with E-state index in [4.69, 9.17) is 5.84 Å². The van der Waals surface area contributed by atoms with Crippen molar-refractivity contribution in [3.63, 3.8) is 0 Å². The van der Waals surface area contributed by atoms with Gasteiger partial charge >= 0.3 is 0 Å². The van der Waals surface area contributed by atoms with Gasteiger partial charge in [-0.05, 0) is 61.0 Å². The Balaban J connectivity index is 0.000000155. The fourth-order valence-electron chi connectivity index (χ4n) is 3.10. The number of nitrogens with two attached hydrogens (primary N) is 1. The first-order chi connectivity index (χ1) is 16.5. The third-order valence-corrected chi connectivity index (χ3v) is 5.88. The van der Waals surface area contributed by atoms with Crippen molar-refractivity contribution in [1.29, 1.82) is 0 Å². The molecule has 4 N–H and O–H groups in total. The lowest BCUT2D eigenvalue weighted by Gasteiger charge is -1.96. The lowest BCUT2D eigenvalue weighted by atomic mass is 10.1. The Morgan fingerprint density at radius 1 is 0.765 bits per heavy atom. The van der Waals surface area contributed by atoms with Crippen LogP contribution in [0.4, 0.5) is 5.69 Å². The molecule has 0 fully saturated rings. The molecule has 4 aromatic carbocycles. The molecule has 0 aliphatic heterocycles. The Morgan fingerprint density at radius 2 is 1.35 bits per heavy atom. The Morgan fingerprint density at radius 3 is 1.91 bits per heavy atom. The molecule has 0 atom stereocenters. The summed E-state index contributed by atoms with van der Waals surface area (Å²) in [6, 6.07) is 35.7. The zero-order chi connectivity index (χ0) is 24.3. The van der Waals surface area contributed by atoms with Crippen LogP contribution in [0.15, 0.2) is 118 Å². The van der Waals surface area contributed by atoms with E-state index in [0.29, 0.717) is 0 Å². The summed E-state index contributed by atoms with van der Waals surface area (Å²) < 4.78 is 2.17. The van der Waals surface area contributed by atoms with Crippen LogP contribution < -0.4 is 11.3 Å². The second-order valence-corrected chi connectivity index (χ2v) is 9.19. The molecular weight excluding hydrogens is 554 g/mol. The van der Waals surface area contributed by atoms with E-state index in [9.17, 15) is 4.79 Å². The standard InChI is InChI=1S/C14H10BrN.C8H8O.C6H7BrN2/c15-12-6-7-13-11(8-12)9-14(16-13)10-4-2-1-3-5-10;1-7(9)8-5-3-2-4-6-8;7-5-1-3-6(9-8)4-2-5/h1-9,16H;2-6H,1H3;1-4,9H,8H2. The van der Waals surface area contributed by atoms with Gasteiger partial charge in [0.15, 0.2) is 5.78 Å². The molecule has 0 amide bonds. The molecule has 0 saturated heterocycles. The Kier molecular flexibility index (Phi) is 9.64. The number of fused-ring (bicyclic) bond motifs is 1. The zero-order valence-electron chi connectivity index (χ0n) is 18.6. The van der Waals surface area contributed by atoms with Crippen molar-refractivity contribution in [3.05, 3.63) is 124 Å². The van der Waals surface area contributed by atoms with E-state index in [0.717, 1.165) is 25.9 Å². The topological polar surface area (TPSA) is 70.9 Å². The highest BCUT2D eigenvalue weighted by Crippen LogP contribution is 2.26. The molecule has 1 heterocycles. The second-order valence-electron chi connectivity index (χ2n) is 7.35. The molecule has 0 spiro atoms. The smallest absolute Gasteiger partial charge is 0.159 e. The number of benzene rings is 4. The van der Waals surface area contributed by atoms with E-state index in [1.165, 1.54) is 16.5 Å². The van der Waals surface area contributed by atoms with Crippen LogP contribution in [0.1, 0.15) is 17.3 Å². The van der Waals surface area contributed by atoms with Crippen molar-refractivity contribution in [2.75, 3.05) is 5.43 Å². The van der Waals surface area contributed by atoms with Crippen molar-refractivity contribution in [1.82, 2.24) is 4.98 Å². The van der Waals surface area contributed by atoms with Gasteiger partial charge in [-0.1, -0.05) is 92.5 Å². The zero-order valence-corrected chi connectivity index (χ0v) is 21.8. The number of hydrogen-bond acceptors (Lipinski definition) is 3. The summed E-state index contributed by atoms with van der Waals surface area (Å²) >= 11 is 6.79. The van der Waals surface area contributed by atoms with Gasteiger partial charge in [0, 0.05) is 36.8 Å². The van der Waals surface area contributed by atoms with Gasteiger partial charge in [-0.2, -0.15) is 0 Å². The van der Waals surface area contributed by atoms with Gasteiger partial charge in [-0.3, -0.25) is 10.6 Å². The van der Waals surface area contributed by atoms with Crippen molar-refractivity contribution in [2.45, 2.75) is 6.92 Å². The van der Waals surface area contributed by atoms with Gasteiger partial charge in [-0.15, -0.1) is 0 Å². The molecule has 1 aromatic heterocycles. The number of H-pyrrole nitrogens is 1. The number of hydrazine groups is 1. The SMILES string of the molecule is Brc1ccc2[nH]c(-c3ccccc3)cc2c1.CC(=O)c1ccccc1.NNc1ccc(Br)cc1.